The van der Waals surface area contributed by atoms with Crippen LogP contribution in [0.3, 0.4) is 0 Å². The summed E-state index contributed by atoms with van der Waals surface area (Å²) >= 11 is 0. The Labute approximate surface area is 201 Å². The average Bonchev–Trinajstić information content (AvgIpc) is 2.93. The van der Waals surface area contributed by atoms with Crippen LogP contribution in [0.1, 0.15) is 5.56 Å². The molecule has 0 atom stereocenters. The van der Waals surface area contributed by atoms with Gasteiger partial charge in [-0.15, -0.1) is 0 Å². The number of rotatable bonds is 5. The third-order valence-corrected chi connectivity index (χ3v) is 11.2. The van der Waals surface area contributed by atoms with Gasteiger partial charge in [0.25, 0.3) is 0 Å². The lowest BCUT2D eigenvalue weighted by atomic mass is 9.98. The van der Waals surface area contributed by atoms with Crippen molar-refractivity contribution in [3.05, 3.63) is 151 Å². The van der Waals surface area contributed by atoms with Crippen LogP contribution in [0.4, 0.5) is 0 Å². The Bertz CT molecular complexity index is 1460. The van der Waals surface area contributed by atoms with Gasteiger partial charge in [-0.3, -0.25) is 0 Å². The van der Waals surface area contributed by atoms with E-state index in [9.17, 15) is 0 Å². The van der Waals surface area contributed by atoms with Crippen LogP contribution in [-0.2, 0) is 6.16 Å². The van der Waals surface area contributed by atoms with E-state index in [1.165, 1.54) is 43.0 Å². The van der Waals surface area contributed by atoms with Gasteiger partial charge in [-0.1, -0.05) is 103 Å². The highest BCUT2D eigenvalue weighted by atomic mass is 31.2. The fourth-order valence-corrected chi connectivity index (χ4v) is 9.54. The molecule has 6 aromatic rings. The van der Waals surface area contributed by atoms with Crippen molar-refractivity contribution in [1.82, 2.24) is 0 Å². The van der Waals surface area contributed by atoms with E-state index in [-0.39, 0.29) is 0 Å². The molecule has 0 N–H and O–H groups in total. The summed E-state index contributed by atoms with van der Waals surface area (Å²) in [7, 11) is -1.96. The summed E-state index contributed by atoms with van der Waals surface area (Å²) in [6, 6.07) is 53.6. The van der Waals surface area contributed by atoms with Crippen LogP contribution in [0.5, 0.6) is 0 Å². The van der Waals surface area contributed by atoms with Crippen LogP contribution >= 0.6 is 7.26 Å². The fraction of sp³-hybridized carbons (Fsp3) is 0.0303. The van der Waals surface area contributed by atoms with Gasteiger partial charge in [-0.25, -0.2) is 0 Å². The lowest BCUT2D eigenvalue weighted by molar-refractivity contribution is 1.45. The van der Waals surface area contributed by atoms with Gasteiger partial charge in [0.05, 0.1) is 6.16 Å². The molecule has 0 bridgehead atoms. The predicted molar refractivity (Wildman–Crippen MR) is 150 cm³/mol. The standard InChI is InChI=1S/C33H26P/c1-4-15-28(16-5-1)34(29-17-6-2-7-18-29,30-19-8-3-9-20-30)25-27-24-26-14-10-11-21-31(26)33-23-13-12-22-32(27)33/h1-24H,25H2/q+1. The van der Waals surface area contributed by atoms with E-state index in [4.69, 9.17) is 0 Å². The molecular weight excluding hydrogens is 427 g/mol. The van der Waals surface area contributed by atoms with Crippen molar-refractivity contribution in [2.45, 2.75) is 6.16 Å². The minimum atomic E-state index is -1.96. The highest BCUT2D eigenvalue weighted by Crippen LogP contribution is 2.58. The Morgan fingerprint density at radius 3 is 1.32 bits per heavy atom. The molecule has 0 amide bonds. The summed E-state index contributed by atoms with van der Waals surface area (Å²) in [4.78, 5) is 0. The highest BCUT2D eigenvalue weighted by Gasteiger charge is 2.45. The lowest BCUT2D eigenvalue weighted by Gasteiger charge is -2.28. The van der Waals surface area contributed by atoms with E-state index in [1.807, 2.05) is 0 Å². The van der Waals surface area contributed by atoms with Crippen LogP contribution in [0, 0.1) is 0 Å². The molecule has 0 saturated carbocycles. The molecule has 0 nitrogen and oxygen atoms in total. The van der Waals surface area contributed by atoms with Crippen LogP contribution in [0.2, 0.25) is 0 Å². The number of hydrogen-bond acceptors (Lipinski definition) is 0. The maximum Gasteiger partial charge on any atom is 0.116 e. The smallest absolute Gasteiger partial charge is 0.0620 e. The summed E-state index contributed by atoms with van der Waals surface area (Å²) in [6.45, 7) is 0. The van der Waals surface area contributed by atoms with Crippen molar-refractivity contribution < 1.29 is 0 Å². The van der Waals surface area contributed by atoms with E-state index >= 15 is 0 Å². The number of hydrogen-bond donors (Lipinski definition) is 0. The van der Waals surface area contributed by atoms with E-state index in [0.717, 1.165) is 6.16 Å². The Hall–Kier alpha value is -3.73. The summed E-state index contributed by atoms with van der Waals surface area (Å²) in [5.74, 6) is 0. The summed E-state index contributed by atoms with van der Waals surface area (Å²) < 4.78 is 0. The number of benzene rings is 6. The van der Waals surface area contributed by atoms with Gasteiger partial charge in [-0.2, -0.15) is 0 Å². The Morgan fingerprint density at radius 1 is 0.382 bits per heavy atom. The topological polar surface area (TPSA) is 0 Å². The zero-order valence-corrected chi connectivity index (χ0v) is 19.9. The summed E-state index contributed by atoms with van der Waals surface area (Å²) in [5.41, 5.74) is 1.42. The van der Waals surface area contributed by atoms with Gasteiger partial charge in [0.2, 0.25) is 0 Å². The third kappa shape index (κ3) is 3.52. The van der Waals surface area contributed by atoms with Gasteiger partial charge in [-0.05, 0) is 69.6 Å². The molecular formula is C33H26P+. The Morgan fingerprint density at radius 2 is 0.794 bits per heavy atom. The fourth-order valence-electron chi connectivity index (χ4n) is 5.29. The zero-order valence-electron chi connectivity index (χ0n) is 19.0. The molecule has 0 heterocycles. The highest BCUT2D eigenvalue weighted by molar-refractivity contribution is 7.95. The first kappa shape index (κ1) is 20.8. The minimum absolute atomic E-state index is 0.983. The van der Waals surface area contributed by atoms with Crippen molar-refractivity contribution in [2.75, 3.05) is 0 Å². The van der Waals surface area contributed by atoms with Crippen molar-refractivity contribution in [3.8, 4) is 0 Å². The Kier molecular flexibility index (Phi) is 5.46. The molecule has 0 radical (unpaired) electrons. The lowest BCUT2D eigenvalue weighted by Crippen LogP contribution is -2.32. The second kappa shape index (κ2) is 8.90. The SMILES string of the molecule is c1ccc([P+](Cc2cc3ccccc3c3ccccc23)(c2ccccc2)c2ccccc2)cc1. The largest absolute Gasteiger partial charge is 0.116 e. The quantitative estimate of drug-likeness (QED) is 0.187. The maximum absolute atomic E-state index is 2.43. The van der Waals surface area contributed by atoms with Crippen molar-refractivity contribution >= 4 is 44.7 Å². The average molecular weight is 454 g/mol. The van der Waals surface area contributed by atoms with Crippen molar-refractivity contribution in [1.29, 1.82) is 0 Å². The van der Waals surface area contributed by atoms with Crippen molar-refractivity contribution in [3.63, 3.8) is 0 Å². The first-order valence-corrected chi connectivity index (χ1v) is 13.8. The molecule has 6 aromatic carbocycles. The van der Waals surface area contributed by atoms with E-state index in [2.05, 4.69) is 146 Å². The van der Waals surface area contributed by atoms with Crippen molar-refractivity contribution in [2.24, 2.45) is 0 Å². The molecule has 1 heteroatoms. The molecule has 162 valence electrons. The van der Waals surface area contributed by atoms with Gasteiger partial charge in [0.15, 0.2) is 0 Å². The van der Waals surface area contributed by atoms with Crippen LogP contribution in [-0.4, -0.2) is 0 Å². The third-order valence-electron chi connectivity index (χ3n) is 6.85. The molecule has 0 saturated heterocycles. The second-order valence-corrected chi connectivity index (χ2v) is 12.3. The minimum Gasteiger partial charge on any atom is -0.0620 e. The monoisotopic (exact) mass is 453 g/mol. The molecule has 34 heavy (non-hydrogen) atoms. The number of fused-ring (bicyclic) bond motifs is 3. The molecule has 0 aliphatic heterocycles. The predicted octanol–water partition coefficient (Wildman–Crippen LogP) is 7.49. The van der Waals surface area contributed by atoms with Crippen LogP contribution < -0.4 is 15.9 Å². The Balaban J connectivity index is 1.69. The van der Waals surface area contributed by atoms with Gasteiger partial charge >= 0.3 is 0 Å². The molecule has 0 unspecified atom stereocenters. The molecule has 0 aliphatic rings. The first-order valence-electron chi connectivity index (χ1n) is 11.8. The van der Waals surface area contributed by atoms with E-state index in [1.54, 1.807) is 0 Å². The zero-order chi connectivity index (χ0) is 22.8. The molecule has 0 aliphatic carbocycles. The molecule has 0 spiro atoms. The summed E-state index contributed by atoms with van der Waals surface area (Å²) in [5, 5.41) is 9.59. The summed E-state index contributed by atoms with van der Waals surface area (Å²) in [6.07, 6.45) is 0.983. The second-order valence-electron chi connectivity index (χ2n) is 8.78. The molecule has 0 aromatic heterocycles. The van der Waals surface area contributed by atoms with Gasteiger partial charge in [0, 0.05) is 0 Å². The van der Waals surface area contributed by atoms with Gasteiger partial charge in [0.1, 0.15) is 23.2 Å². The maximum atomic E-state index is 2.43. The van der Waals surface area contributed by atoms with Crippen LogP contribution in [0.15, 0.2) is 146 Å². The van der Waals surface area contributed by atoms with E-state index in [0.29, 0.717) is 0 Å². The molecule has 6 rings (SSSR count). The molecule has 0 fully saturated rings. The normalized spacial score (nSPS) is 11.6. The van der Waals surface area contributed by atoms with Crippen LogP contribution in [0.25, 0.3) is 21.5 Å². The first-order chi connectivity index (χ1) is 16.9. The van der Waals surface area contributed by atoms with Gasteiger partial charge < -0.3 is 0 Å². The van der Waals surface area contributed by atoms with E-state index < -0.39 is 7.26 Å².